The number of hydrogen-bond donors (Lipinski definition) is 0. The van der Waals surface area contributed by atoms with Crippen molar-refractivity contribution in [2.45, 2.75) is 55.4 Å². The molecule has 2 aromatic heterocycles. The second kappa shape index (κ2) is 25.1. The van der Waals surface area contributed by atoms with Crippen LogP contribution in [0.3, 0.4) is 0 Å². The molecule has 0 radical (unpaired) electrons. The number of nitrogens with zero attached hydrogens (tertiary/aromatic N) is 4. The number of para-hydroxylation sites is 1. The Balaban J connectivity index is 0.683. The lowest BCUT2D eigenvalue weighted by atomic mass is 9.96. The minimum Gasteiger partial charge on any atom is -0.310 e. The predicted molar refractivity (Wildman–Crippen MR) is 444 cm³/mol. The van der Waals surface area contributed by atoms with Crippen LogP contribution in [0.25, 0.3) is 94.6 Å². The first-order valence-electron chi connectivity index (χ1n) is 35.3. The monoisotopic (exact) mass is 1350 g/mol. The minimum atomic E-state index is 1.11. The van der Waals surface area contributed by atoms with E-state index >= 15 is 0 Å². The summed E-state index contributed by atoms with van der Waals surface area (Å²) in [6, 6.07) is 114. The summed E-state index contributed by atoms with van der Waals surface area (Å²) in [5.74, 6) is 0. The molecule has 18 rings (SSSR count). The maximum atomic E-state index is 2.45. The molecule has 16 aromatic carbocycles. The molecular formula is C96H74N4S2. The van der Waals surface area contributed by atoms with Gasteiger partial charge in [0.25, 0.3) is 0 Å². The Morgan fingerprint density at radius 1 is 0.206 bits per heavy atom. The van der Waals surface area contributed by atoms with E-state index < -0.39 is 0 Å². The summed E-state index contributed by atoms with van der Waals surface area (Å²) in [6.45, 7) is 17.6. The highest BCUT2D eigenvalue weighted by atomic mass is 32.1. The third kappa shape index (κ3) is 11.0. The van der Waals surface area contributed by atoms with Gasteiger partial charge in [-0.05, 0) is 307 Å². The normalized spacial score (nSPS) is 11.7. The molecule has 0 spiro atoms. The molecule has 4 nitrogen and oxygen atoms in total. The molecule has 0 aliphatic rings. The van der Waals surface area contributed by atoms with Crippen molar-refractivity contribution < 1.29 is 0 Å². The largest absolute Gasteiger partial charge is 0.310 e. The van der Waals surface area contributed by atoms with Crippen LogP contribution in [0.5, 0.6) is 0 Å². The van der Waals surface area contributed by atoms with Crippen LogP contribution in [0.1, 0.15) is 44.5 Å². The summed E-state index contributed by atoms with van der Waals surface area (Å²) < 4.78 is 5.18. The molecule has 0 saturated heterocycles. The van der Waals surface area contributed by atoms with Crippen LogP contribution in [0.2, 0.25) is 0 Å². The van der Waals surface area contributed by atoms with Gasteiger partial charge in [0.2, 0.25) is 0 Å². The summed E-state index contributed by atoms with van der Waals surface area (Å²) in [4.78, 5) is 9.65. The third-order valence-corrected chi connectivity index (χ3v) is 23.0. The number of hydrogen-bond acceptors (Lipinski definition) is 6. The zero-order chi connectivity index (χ0) is 69.0. The SMILES string of the molecule is Cc1ccc(N(c2cccc(C)c2)c2ccc3c(ccc4sc5ccc6cc(N(c7ccc(C)cc7)c7ccc(-c8ccc(N(c9cccc(C)c9)c9ccc%10c(ccc%11sc%12ccc%13cc(N(c%14cccc(C)c%14)c%14ccccc%14C)ccc%13c%12c%11%10)c9)c(C)c8)c(C)c7)ccc6c5c43)c2)cc1. The van der Waals surface area contributed by atoms with Gasteiger partial charge < -0.3 is 19.6 Å². The van der Waals surface area contributed by atoms with Gasteiger partial charge in [-0.2, -0.15) is 0 Å². The average molecular weight is 1350 g/mol. The number of benzene rings is 16. The van der Waals surface area contributed by atoms with Crippen molar-refractivity contribution >= 4 is 174 Å². The third-order valence-electron chi connectivity index (χ3n) is 20.8. The van der Waals surface area contributed by atoms with Crippen molar-refractivity contribution in [2.24, 2.45) is 0 Å². The lowest BCUT2D eigenvalue weighted by Crippen LogP contribution is -2.11. The number of thiophene rings is 2. The highest BCUT2D eigenvalue weighted by Gasteiger charge is 2.24. The number of fused-ring (bicyclic) bond motifs is 14. The molecule has 0 saturated carbocycles. The second-order valence-electron chi connectivity index (χ2n) is 27.9. The summed E-state index contributed by atoms with van der Waals surface area (Å²) in [5.41, 5.74) is 25.8. The van der Waals surface area contributed by atoms with Crippen LogP contribution in [0.15, 0.2) is 303 Å². The van der Waals surface area contributed by atoms with Gasteiger partial charge >= 0.3 is 0 Å². The van der Waals surface area contributed by atoms with Gasteiger partial charge in [-0.25, -0.2) is 0 Å². The van der Waals surface area contributed by atoms with Crippen molar-refractivity contribution in [2.75, 3.05) is 19.6 Å². The van der Waals surface area contributed by atoms with Gasteiger partial charge in [-0.3, -0.25) is 0 Å². The van der Waals surface area contributed by atoms with E-state index in [1.165, 1.54) is 145 Å². The zero-order valence-electron chi connectivity index (χ0n) is 58.5. The number of rotatable bonds is 13. The van der Waals surface area contributed by atoms with Crippen molar-refractivity contribution in [1.82, 2.24) is 0 Å². The average Bonchev–Trinajstić information content (AvgIpc) is 1.55. The molecule has 0 aliphatic carbocycles. The molecule has 0 amide bonds. The molecule has 490 valence electrons. The summed E-state index contributed by atoms with van der Waals surface area (Å²) in [6.07, 6.45) is 0. The molecule has 6 heteroatoms. The first-order valence-corrected chi connectivity index (χ1v) is 36.9. The van der Waals surface area contributed by atoms with Gasteiger partial charge in [0, 0.05) is 109 Å². The van der Waals surface area contributed by atoms with Crippen LogP contribution in [-0.4, -0.2) is 0 Å². The van der Waals surface area contributed by atoms with Gasteiger partial charge in [-0.1, -0.05) is 151 Å². The Hall–Kier alpha value is -11.8. The van der Waals surface area contributed by atoms with Crippen molar-refractivity contribution in [3.8, 4) is 11.1 Å². The molecule has 18 aromatic rings. The highest BCUT2D eigenvalue weighted by molar-refractivity contribution is 7.26. The van der Waals surface area contributed by atoms with E-state index in [-0.39, 0.29) is 0 Å². The molecular weight excluding hydrogens is 1270 g/mol. The van der Waals surface area contributed by atoms with Gasteiger partial charge in [0.15, 0.2) is 0 Å². The first kappa shape index (κ1) is 62.5. The fraction of sp³-hybridized carbons (Fsp3) is 0.0833. The Morgan fingerprint density at radius 2 is 0.549 bits per heavy atom. The lowest BCUT2D eigenvalue weighted by Gasteiger charge is -2.28. The van der Waals surface area contributed by atoms with Gasteiger partial charge in [0.05, 0.1) is 0 Å². The summed E-state index contributed by atoms with van der Waals surface area (Å²) in [7, 11) is 0. The van der Waals surface area contributed by atoms with Crippen LogP contribution in [-0.2, 0) is 0 Å². The van der Waals surface area contributed by atoms with E-state index in [1.807, 2.05) is 22.7 Å². The van der Waals surface area contributed by atoms with Crippen molar-refractivity contribution in [3.05, 3.63) is 348 Å². The molecule has 0 N–H and O–H groups in total. The Bertz CT molecular complexity index is 6390. The molecule has 102 heavy (non-hydrogen) atoms. The standard InChI is InChI=1S/C96H74N4S2/c1-59-22-31-72(32-23-59)97(74-18-11-14-61(3)50-74)78-36-41-83-68(55-78)27-46-89-93(83)94-84-42-37-79(56-69(84)28-47-90(94)101-89)98(73-33-24-60(2)25-34-73)77-35-40-82(65(7)54-77)67-26-45-88(66(8)53-67)100(76-20-13-16-63(5)52-76)81-39-44-86-71(58-81)30-49-92-96(86)95-85-43-38-80(57-70(85)29-48-91(95)102-92)99(75-19-12-15-62(4)51-75)87-21-10-9-17-64(87)6/h9-58H,1-8H3. The fourth-order valence-corrected chi connectivity index (χ4v) is 18.1. The smallest absolute Gasteiger partial charge is 0.0491 e. The van der Waals surface area contributed by atoms with Crippen molar-refractivity contribution in [1.29, 1.82) is 0 Å². The maximum absolute atomic E-state index is 2.45. The minimum absolute atomic E-state index is 1.11. The highest BCUT2D eigenvalue weighted by Crippen LogP contribution is 2.50. The lowest BCUT2D eigenvalue weighted by molar-refractivity contribution is 1.24. The fourth-order valence-electron chi connectivity index (χ4n) is 15.8. The molecule has 0 atom stereocenters. The van der Waals surface area contributed by atoms with Crippen LogP contribution >= 0.6 is 22.7 Å². The van der Waals surface area contributed by atoms with E-state index in [2.05, 4.69) is 378 Å². The number of aryl methyl sites for hydroxylation is 8. The second-order valence-corrected chi connectivity index (χ2v) is 30.1. The van der Waals surface area contributed by atoms with E-state index in [0.29, 0.717) is 0 Å². The Kier molecular flexibility index (Phi) is 15.4. The molecule has 2 heterocycles. The Morgan fingerprint density at radius 3 is 0.931 bits per heavy atom. The molecule has 0 fully saturated rings. The summed E-state index contributed by atoms with van der Waals surface area (Å²) >= 11 is 3.77. The van der Waals surface area contributed by atoms with Crippen LogP contribution in [0, 0.1) is 55.4 Å². The van der Waals surface area contributed by atoms with Gasteiger partial charge in [-0.15, -0.1) is 22.7 Å². The van der Waals surface area contributed by atoms with Gasteiger partial charge in [0.1, 0.15) is 0 Å². The van der Waals surface area contributed by atoms with E-state index in [9.17, 15) is 0 Å². The van der Waals surface area contributed by atoms with Crippen molar-refractivity contribution in [3.63, 3.8) is 0 Å². The molecule has 0 bridgehead atoms. The molecule has 0 unspecified atom stereocenters. The quantitative estimate of drug-likeness (QED) is 0.114. The van der Waals surface area contributed by atoms with E-state index in [0.717, 1.165) is 62.6 Å². The summed E-state index contributed by atoms with van der Waals surface area (Å²) in [5, 5.41) is 15.2. The topological polar surface area (TPSA) is 13.0 Å². The first-order chi connectivity index (χ1) is 49.8. The molecule has 0 aliphatic heterocycles. The van der Waals surface area contributed by atoms with Crippen LogP contribution in [0.4, 0.5) is 68.2 Å². The zero-order valence-corrected chi connectivity index (χ0v) is 60.1. The van der Waals surface area contributed by atoms with E-state index in [4.69, 9.17) is 0 Å². The predicted octanol–water partition coefficient (Wildman–Crippen LogP) is 29.0. The Labute approximate surface area is 604 Å². The van der Waals surface area contributed by atoms with E-state index in [1.54, 1.807) is 0 Å². The number of anilines is 12. The maximum Gasteiger partial charge on any atom is 0.0491 e. The van der Waals surface area contributed by atoms with Crippen LogP contribution < -0.4 is 19.6 Å².